The van der Waals surface area contributed by atoms with Crippen LogP contribution in [-0.2, 0) is 28.0 Å². The van der Waals surface area contributed by atoms with Crippen LogP contribution in [0.15, 0.2) is 59.6 Å². The summed E-state index contributed by atoms with van der Waals surface area (Å²) in [6.07, 6.45) is -1.23. The van der Waals surface area contributed by atoms with Crippen molar-refractivity contribution in [2.24, 2.45) is 0 Å². The molecule has 1 saturated heterocycles. The molecule has 1 aliphatic rings. The molecular formula is C21H17BrClF3N2O3. The first-order valence-corrected chi connectivity index (χ1v) is 10.5. The first-order chi connectivity index (χ1) is 14.7. The van der Waals surface area contributed by atoms with Gasteiger partial charge in [0.1, 0.15) is 16.1 Å². The summed E-state index contributed by atoms with van der Waals surface area (Å²) in [5.41, 5.74) is -0.135. The Labute approximate surface area is 189 Å². The summed E-state index contributed by atoms with van der Waals surface area (Å²) in [6.45, 7) is 2.61. The van der Waals surface area contributed by atoms with E-state index < -0.39 is 17.5 Å². The van der Waals surface area contributed by atoms with Crippen LogP contribution >= 0.6 is 27.5 Å². The molecule has 31 heavy (non-hydrogen) atoms. The van der Waals surface area contributed by atoms with Gasteiger partial charge in [-0.15, -0.1) is 0 Å². The van der Waals surface area contributed by atoms with E-state index in [1.807, 2.05) is 11.5 Å². The predicted molar refractivity (Wildman–Crippen MR) is 111 cm³/mol. The highest BCUT2D eigenvalue weighted by Gasteiger charge is 2.44. The van der Waals surface area contributed by atoms with Crippen LogP contribution in [-0.4, -0.2) is 22.3 Å². The normalized spacial score (nSPS) is 21.4. The van der Waals surface area contributed by atoms with E-state index in [2.05, 4.69) is 20.9 Å². The van der Waals surface area contributed by atoms with Gasteiger partial charge in [0.15, 0.2) is 0 Å². The van der Waals surface area contributed by atoms with E-state index in [4.69, 9.17) is 25.8 Å². The molecule has 4 rings (SSSR count). The van der Waals surface area contributed by atoms with Crippen LogP contribution in [0.4, 0.5) is 13.2 Å². The monoisotopic (exact) mass is 516 g/mol. The predicted octanol–water partition coefficient (Wildman–Crippen LogP) is 6.40. The average Bonchev–Trinajstić information content (AvgIpc) is 3.28. The summed E-state index contributed by atoms with van der Waals surface area (Å²) in [5, 5.41) is 0.342. The molecule has 2 aromatic carbocycles. The smallest absolute Gasteiger partial charge is 0.416 e. The van der Waals surface area contributed by atoms with Gasteiger partial charge in [0.2, 0.25) is 5.79 Å². The van der Waals surface area contributed by atoms with Crippen LogP contribution in [0.25, 0.3) is 0 Å². The summed E-state index contributed by atoms with van der Waals surface area (Å²) in [7, 11) is 0. The van der Waals surface area contributed by atoms with Crippen LogP contribution in [0.2, 0.25) is 5.02 Å². The first-order valence-electron chi connectivity index (χ1n) is 9.29. The zero-order chi connectivity index (χ0) is 22.2. The van der Waals surface area contributed by atoms with E-state index in [0.29, 0.717) is 29.5 Å². The molecule has 0 amide bonds. The second kappa shape index (κ2) is 8.46. The van der Waals surface area contributed by atoms with Crippen molar-refractivity contribution in [2.45, 2.75) is 31.5 Å². The number of benzene rings is 2. The van der Waals surface area contributed by atoms with Crippen molar-refractivity contribution < 1.29 is 27.4 Å². The molecule has 164 valence electrons. The molecule has 5 nitrogen and oxygen atoms in total. The van der Waals surface area contributed by atoms with E-state index in [0.717, 1.165) is 16.7 Å². The molecule has 0 spiro atoms. The van der Waals surface area contributed by atoms with Crippen LogP contribution in [0.3, 0.4) is 0 Å². The zero-order valence-corrected chi connectivity index (χ0v) is 18.5. The van der Waals surface area contributed by atoms with Crippen LogP contribution in [0, 0.1) is 0 Å². The largest absolute Gasteiger partial charge is 0.457 e. The fraction of sp³-hybridized carbons (Fsp3) is 0.286. The maximum absolute atomic E-state index is 12.7. The van der Waals surface area contributed by atoms with E-state index in [1.165, 1.54) is 12.1 Å². The van der Waals surface area contributed by atoms with Crippen molar-refractivity contribution in [1.29, 1.82) is 0 Å². The molecule has 0 radical (unpaired) electrons. The maximum atomic E-state index is 12.7. The van der Waals surface area contributed by atoms with Gasteiger partial charge in [-0.25, -0.2) is 4.98 Å². The van der Waals surface area contributed by atoms with E-state index in [9.17, 15) is 13.2 Å². The van der Waals surface area contributed by atoms with Gasteiger partial charge in [0.25, 0.3) is 0 Å². The van der Waals surface area contributed by atoms with Gasteiger partial charge >= 0.3 is 6.18 Å². The van der Waals surface area contributed by atoms with Crippen molar-refractivity contribution in [3.05, 3.63) is 75.7 Å². The molecule has 2 unspecified atom stereocenters. The van der Waals surface area contributed by atoms with Gasteiger partial charge in [-0.05, 0) is 65.3 Å². The van der Waals surface area contributed by atoms with E-state index >= 15 is 0 Å². The fourth-order valence-electron chi connectivity index (χ4n) is 3.32. The second-order valence-corrected chi connectivity index (χ2v) is 8.32. The summed E-state index contributed by atoms with van der Waals surface area (Å²) in [6, 6.07) is 9.41. The number of nitrogens with zero attached hydrogens (tertiary/aromatic N) is 2. The average molecular weight is 518 g/mol. The van der Waals surface area contributed by atoms with Crippen molar-refractivity contribution in [1.82, 2.24) is 9.55 Å². The second-order valence-electron chi connectivity index (χ2n) is 7.10. The Morgan fingerprint density at radius 2 is 1.94 bits per heavy atom. The van der Waals surface area contributed by atoms with Crippen LogP contribution < -0.4 is 4.74 Å². The minimum absolute atomic E-state index is 0.138. The fourth-order valence-corrected chi connectivity index (χ4v) is 3.97. The number of rotatable bonds is 5. The summed E-state index contributed by atoms with van der Waals surface area (Å²) >= 11 is 9.99. The number of imidazole rings is 1. The van der Waals surface area contributed by atoms with Gasteiger partial charge in [0.05, 0.1) is 42.4 Å². The molecule has 10 heteroatoms. The van der Waals surface area contributed by atoms with Crippen LogP contribution in [0.1, 0.15) is 18.1 Å². The molecule has 0 aliphatic carbocycles. The summed E-state index contributed by atoms with van der Waals surface area (Å²) in [4.78, 5) is 4.09. The van der Waals surface area contributed by atoms with Gasteiger partial charge in [-0.1, -0.05) is 11.6 Å². The van der Waals surface area contributed by atoms with Crippen molar-refractivity contribution in [3.63, 3.8) is 0 Å². The first kappa shape index (κ1) is 22.1. The Kier molecular flexibility index (Phi) is 6.04. The lowest BCUT2D eigenvalue weighted by Crippen LogP contribution is -2.33. The number of ether oxygens (including phenoxy) is 3. The lowest BCUT2D eigenvalue weighted by molar-refractivity contribution is -0.185. The lowest BCUT2D eigenvalue weighted by atomic mass is 10.0. The Bertz CT molecular complexity index is 1070. The number of alkyl halides is 3. The zero-order valence-electron chi connectivity index (χ0n) is 16.2. The van der Waals surface area contributed by atoms with Gasteiger partial charge in [-0.3, -0.25) is 0 Å². The Morgan fingerprint density at radius 3 is 2.48 bits per heavy atom. The van der Waals surface area contributed by atoms with Gasteiger partial charge < -0.3 is 18.8 Å². The SMILES string of the molecule is CC1COC(Cn2cncc2Br)(c2ccc(Oc3ccc(C(F)(F)F)cc3)cc2Cl)O1. The third kappa shape index (κ3) is 4.74. The molecular weight excluding hydrogens is 501 g/mol. The summed E-state index contributed by atoms with van der Waals surface area (Å²) < 4.78 is 58.6. The van der Waals surface area contributed by atoms with Gasteiger partial charge in [-0.2, -0.15) is 13.2 Å². The van der Waals surface area contributed by atoms with Gasteiger partial charge in [0, 0.05) is 5.56 Å². The molecule has 2 heterocycles. The maximum Gasteiger partial charge on any atom is 0.416 e. The molecule has 1 fully saturated rings. The highest BCUT2D eigenvalue weighted by Crippen LogP contribution is 2.42. The Balaban J connectivity index is 1.59. The minimum atomic E-state index is -4.40. The third-order valence-electron chi connectivity index (χ3n) is 4.75. The molecule has 0 bridgehead atoms. The van der Waals surface area contributed by atoms with Crippen molar-refractivity contribution >= 4 is 27.5 Å². The molecule has 0 saturated carbocycles. The molecule has 1 aromatic heterocycles. The third-order valence-corrected chi connectivity index (χ3v) is 5.72. The Morgan fingerprint density at radius 1 is 1.23 bits per heavy atom. The topological polar surface area (TPSA) is 45.5 Å². The number of halogens is 5. The highest BCUT2D eigenvalue weighted by atomic mass is 79.9. The van der Waals surface area contributed by atoms with E-state index in [-0.39, 0.29) is 11.9 Å². The highest BCUT2D eigenvalue weighted by molar-refractivity contribution is 9.10. The van der Waals surface area contributed by atoms with Crippen LogP contribution in [0.5, 0.6) is 11.5 Å². The number of hydrogen-bond donors (Lipinski definition) is 0. The summed E-state index contributed by atoms with van der Waals surface area (Å²) in [5.74, 6) is -0.485. The number of aromatic nitrogens is 2. The standard InChI is InChI=1S/C21H17BrClF3N2O3/c1-13-10-29-20(31-13,11-28-12-27-9-19(28)22)17-7-6-16(8-18(17)23)30-15-4-2-14(3-5-15)21(24,25)26/h2-9,12-13H,10-11H2,1H3. The van der Waals surface area contributed by atoms with Crippen molar-refractivity contribution in [3.8, 4) is 11.5 Å². The number of hydrogen-bond acceptors (Lipinski definition) is 4. The van der Waals surface area contributed by atoms with E-state index in [1.54, 1.807) is 30.7 Å². The molecule has 0 N–H and O–H groups in total. The molecule has 2 atom stereocenters. The molecule has 3 aromatic rings. The minimum Gasteiger partial charge on any atom is -0.457 e. The quantitative estimate of drug-likeness (QED) is 0.393. The Hall–Kier alpha value is -2.07. The lowest BCUT2D eigenvalue weighted by Gasteiger charge is -2.30. The van der Waals surface area contributed by atoms with Crippen molar-refractivity contribution in [2.75, 3.05) is 6.61 Å². The molecule has 1 aliphatic heterocycles.